The lowest BCUT2D eigenvalue weighted by Crippen LogP contribution is -2.33. The van der Waals surface area contributed by atoms with Gasteiger partial charge in [-0.1, -0.05) is 0 Å². The molecule has 0 saturated heterocycles. The molecule has 2 aromatic rings. The monoisotopic (exact) mass is 338 g/mol. The highest BCUT2D eigenvalue weighted by molar-refractivity contribution is 7.96. The summed E-state index contributed by atoms with van der Waals surface area (Å²) < 4.78 is 12.4. The van der Waals surface area contributed by atoms with Crippen LogP contribution in [0.4, 0.5) is 10.6 Å². The van der Waals surface area contributed by atoms with Crippen molar-refractivity contribution in [2.24, 2.45) is 0 Å². The highest BCUT2D eigenvalue weighted by atomic mass is 32.2. The smallest absolute Gasteiger partial charge is 0.441 e. The number of nitrogens with two attached hydrogens (primary N) is 1. The minimum absolute atomic E-state index is 0.0345. The van der Waals surface area contributed by atoms with Gasteiger partial charge in [-0.3, -0.25) is 5.73 Å². The minimum Gasteiger partial charge on any atom is -0.441 e. The number of anilines is 1. The zero-order valence-electron chi connectivity index (χ0n) is 14.4. The van der Waals surface area contributed by atoms with Gasteiger partial charge in [0.25, 0.3) is 5.82 Å². The van der Waals surface area contributed by atoms with Crippen molar-refractivity contribution >= 4 is 34.9 Å². The molecule has 6 nitrogen and oxygen atoms in total. The van der Waals surface area contributed by atoms with Crippen molar-refractivity contribution in [3.63, 3.8) is 0 Å². The van der Waals surface area contributed by atoms with Gasteiger partial charge in [0.2, 0.25) is 0 Å². The second kappa shape index (κ2) is 5.96. The molecule has 126 valence electrons. The van der Waals surface area contributed by atoms with Gasteiger partial charge in [0, 0.05) is 10.8 Å². The number of fused-ring (bicyclic) bond motifs is 1. The predicted octanol–water partition coefficient (Wildman–Crippen LogP) is 3.65. The molecular formula is C16H24N3O3S+. The van der Waals surface area contributed by atoms with Crippen LogP contribution in [0, 0.1) is 0 Å². The van der Waals surface area contributed by atoms with E-state index in [9.17, 15) is 4.79 Å². The van der Waals surface area contributed by atoms with E-state index in [1.807, 2.05) is 32.9 Å². The van der Waals surface area contributed by atoms with Gasteiger partial charge in [-0.05, 0) is 53.7 Å². The van der Waals surface area contributed by atoms with Crippen molar-refractivity contribution in [2.45, 2.75) is 51.9 Å². The first-order valence-corrected chi connectivity index (χ1v) is 8.13. The molecule has 7 heteroatoms. The summed E-state index contributed by atoms with van der Waals surface area (Å²) >= 11 is 1.36. The molecule has 0 fully saturated rings. The van der Waals surface area contributed by atoms with Gasteiger partial charge in [0.05, 0.1) is 17.4 Å². The van der Waals surface area contributed by atoms with Crippen molar-refractivity contribution in [1.82, 2.24) is 4.68 Å². The Labute approximate surface area is 140 Å². The molecule has 23 heavy (non-hydrogen) atoms. The quantitative estimate of drug-likeness (QED) is 0.845. The number of nitrogens with one attached hydrogen (secondary N) is 1. The molecule has 0 radical (unpaired) electrons. The average Bonchev–Trinajstić information content (AvgIpc) is 2.71. The maximum atomic E-state index is 12.3. The van der Waals surface area contributed by atoms with E-state index in [1.54, 1.807) is 6.07 Å². The molecule has 3 N–H and O–H groups in total. The van der Waals surface area contributed by atoms with Crippen LogP contribution in [0.25, 0.3) is 10.9 Å². The van der Waals surface area contributed by atoms with E-state index in [1.165, 1.54) is 16.7 Å². The fourth-order valence-corrected chi connectivity index (χ4v) is 2.29. The van der Waals surface area contributed by atoms with E-state index in [0.29, 0.717) is 17.1 Å². The number of carbonyl (C=O) groups excluding carboxylic acids is 1. The molecule has 1 heterocycles. The van der Waals surface area contributed by atoms with Crippen LogP contribution >= 0.6 is 12.0 Å². The Hall–Kier alpha value is -1.89. The van der Waals surface area contributed by atoms with Crippen LogP contribution in [0.1, 0.15) is 41.5 Å². The average molecular weight is 338 g/mol. The molecule has 0 aliphatic rings. The Morgan fingerprint density at radius 3 is 2.43 bits per heavy atom. The molecule has 0 atom stereocenters. The normalized spacial score (nSPS) is 12.4. The fourth-order valence-electron chi connectivity index (χ4n) is 1.84. The van der Waals surface area contributed by atoms with Gasteiger partial charge in [-0.25, -0.2) is 4.79 Å². The second-order valence-corrected chi connectivity index (χ2v) is 8.86. The molecule has 1 aromatic heterocycles. The van der Waals surface area contributed by atoms with Crippen molar-refractivity contribution in [1.29, 1.82) is 0 Å². The summed E-state index contributed by atoms with van der Waals surface area (Å²) in [6, 6.07) is 5.41. The second-order valence-electron chi connectivity index (χ2n) is 7.30. The van der Waals surface area contributed by atoms with E-state index >= 15 is 0 Å². The van der Waals surface area contributed by atoms with Crippen LogP contribution in [0.5, 0.6) is 5.75 Å². The minimum atomic E-state index is -0.591. The van der Waals surface area contributed by atoms with Crippen LogP contribution < -0.4 is 15.0 Å². The van der Waals surface area contributed by atoms with Crippen LogP contribution in [0.3, 0.4) is 0 Å². The number of aromatic amines is 1. The number of ether oxygens (including phenoxy) is 1. The van der Waals surface area contributed by atoms with Crippen molar-refractivity contribution in [3.8, 4) is 5.75 Å². The summed E-state index contributed by atoms with van der Waals surface area (Å²) in [5.74, 6) is 1.05. The summed E-state index contributed by atoms with van der Waals surface area (Å²) in [6.45, 7) is 11.6. The summed E-state index contributed by atoms with van der Waals surface area (Å²) in [7, 11) is 0. The molecule has 0 aliphatic heterocycles. The van der Waals surface area contributed by atoms with E-state index in [2.05, 4.69) is 25.9 Å². The summed E-state index contributed by atoms with van der Waals surface area (Å²) in [4.78, 5) is 12.3. The highest BCUT2D eigenvalue weighted by Crippen LogP contribution is 2.30. The molecular weight excluding hydrogens is 314 g/mol. The van der Waals surface area contributed by atoms with Gasteiger partial charge < -0.3 is 8.92 Å². The van der Waals surface area contributed by atoms with E-state index < -0.39 is 11.7 Å². The predicted molar refractivity (Wildman–Crippen MR) is 92.5 cm³/mol. The number of rotatable bonds is 2. The number of aromatic nitrogens is 2. The van der Waals surface area contributed by atoms with E-state index in [-0.39, 0.29) is 4.75 Å². The van der Waals surface area contributed by atoms with Gasteiger partial charge in [-0.2, -0.15) is 5.10 Å². The highest BCUT2D eigenvalue weighted by Gasteiger charge is 2.24. The number of carbonyl (C=O) groups is 1. The number of nitrogen functional groups attached to an aromatic ring is 1. The standard InChI is InChI=1S/C16H23N3O3S/c1-15(2,3)21-14(20)19-12-9-10(22-23-16(4,5)6)7-8-11(12)13(17)18-19/h7-9H,1-6H3,(H2,17,18)/p+1. The number of hydrogen-bond acceptors (Lipinski definition) is 5. The first-order chi connectivity index (χ1) is 10.5. The fraction of sp³-hybridized carbons (Fsp3) is 0.500. The molecule has 1 aromatic carbocycles. The lowest BCUT2D eigenvalue weighted by molar-refractivity contribution is -0.455. The lowest BCUT2D eigenvalue weighted by atomic mass is 10.2. The van der Waals surface area contributed by atoms with Gasteiger partial charge in [0.15, 0.2) is 0 Å². The molecule has 2 rings (SSSR count). The number of hydrogen-bond donors (Lipinski definition) is 1. The Morgan fingerprint density at radius 2 is 1.87 bits per heavy atom. The van der Waals surface area contributed by atoms with Crippen molar-refractivity contribution in [3.05, 3.63) is 18.2 Å². The zero-order valence-corrected chi connectivity index (χ0v) is 15.2. The van der Waals surface area contributed by atoms with Crippen LogP contribution in [-0.2, 0) is 4.74 Å². The Balaban J connectivity index is 2.36. The molecule has 0 amide bonds. The van der Waals surface area contributed by atoms with Crippen LogP contribution in [-0.4, -0.2) is 21.1 Å². The molecule has 0 bridgehead atoms. The Kier molecular flexibility index (Phi) is 4.52. The van der Waals surface area contributed by atoms with Crippen LogP contribution in [0.2, 0.25) is 0 Å². The van der Waals surface area contributed by atoms with Crippen molar-refractivity contribution < 1.29 is 18.8 Å². The first kappa shape index (κ1) is 17.5. The van der Waals surface area contributed by atoms with Gasteiger partial charge in [0.1, 0.15) is 16.9 Å². The SMILES string of the molecule is CC(C)(C)OC(=O)n1[nH+]c(N)c2ccc(OSC(C)(C)C)cc21. The van der Waals surface area contributed by atoms with E-state index in [0.717, 1.165) is 5.39 Å². The summed E-state index contributed by atoms with van der Waals surface area (Å²) in [5.41, 5.74) is 5.97. The largest absolute Gasteiger partial charge is 0.450 e. The lowest BCUT2D eigenvalue weighted by Gasteiger charge is -2.18. The topological polar surface area (TPSA) is 80.6 Å². The van der Waals surface area contributed by atoms with Gasteiger partial charge >= 0.3 is 6.09 Å². The first-order valence-electron chi connectivity index (χ1n) is 7.38. The maximum absolute atomic E-state index is 12.3. The maximum Gasteiger partial charge on any atom is 0.450 e. The number of nitrogens with zero attached hydrogens (tertiary/aromatic N) is 1. The van der Waals surface area contributed by atoms with Crippen molar-refractivity contribution in [2.75, 3.05) is 5.73 Å². The number of benzene rings is 1. The third-order valence-electron chi connectivity index (χ3n) is 2.70. The zero-order chi connectivity index (χ0) is 17.4. The molecule has 0 unspecified atom stereocenters. The number of H-pyrrole nitrogens is 1. The molecule has 0 saturated carbocycles. The van der Waals surface area contributed by atoms with E-state index in [4.69, 9.17) is 14.7 Å². The van der Waals surface area contributed by atoms with Crippen LogP contribution in [0.15, 0.2) is 18.2 Å². The summed E-state index contributed by atoms with van der Waals surface area (Å²) in [5, 5.41) is 3.57. The molecule has 0 aliphatic carbocycles. The Morgan fingerprint density at radius 1 is 1.22 bits per heavy atom. The summed E-state index contributed by atoms with van der Waals surface area (Å²) in [6.07, 6.45) is -0.514. The van der Waals surface area contributed by atoms with Gasteiger partial charge in [-0.15, -0.1) is 4.68 Å². The Bertz CT molecular complexity index is 726. The third kappa shape index (κ3) is 4.54. The molecule has 0 spiro atoms. The third-order valence-corrected chi connectivity index (χ3v) is 3.47.